The molecule has 5 nitrogen and oxygen atoms in total. The van der Waals surface area contributed by atoms with E-state index in [0.717, 1.165) is 25.7 Å². The predicted octanol–water partition coefficient (Wildman–Crippen LogP) is 10.2. The number of rotatable bonds is 5. The number of nitrogens with one attached hydrogen (secondary N) is 1. The van der Waals surface area contributed by atoms with Gasteiger partial charge in [0.2, 0.25) is 0 Å². The van der Waals surface area contributed by atoms with Crippen molar-refractivity contribution in [3.63, 3.8) is 0 Å². The molecule has 5 aromatic carbocycles. The molecule has 48 heavy (non-hydrogen) atoms. The normalized spacial score (nSPS) is 25.7. The Bertz CT molecular complexity index is 1800. The van der Waals surface area contributed by atoms with Gasteiger partial charge < -0.3 is 9.80 Å². The van der Waals surface area contributed by atoms with Crippen LogP contribution in [0.5, 0.6) is 0 Å². The summed E-state index contributed by atoms with van der Waals surface area (Å²) < 4.78 is 0. The largest absolute Gasteiger partial charge is 0.336 e. The third-order valence-corrected chi connectivity index (χ3v) is 13.3. The first-order valence-electron chi connectivity index (χ1n) is 17.2. The molecule has 5 aliphatic rings. The van der Waals surface area contributed by atoms with E-state index in [2.05, 4.69) is 130 Å². The fourth-order valence-electron chi connectivity index (χ4n) is 8.48. The topological polar surface area (TPSA) is 31.0 Å². The number of fused-ring (bicyclic) bond motifs is 4. The Morgan fingerprint density at radius 2 is 0.917 bits per heavy atom. The van der Waals surface area contributed by atoms with Gasteiger partial charge in [-0.1, -0.05) is 90.3 Å². The minimum Gasteiger partial charge on any atom is -0.336 e. The summed E-state index contributed by atoms with van der Waals surface area (Å²) in [5.74, 6) is 1.09. The highest BCUT2D eigenvalue weighted by molar-refractivity contribution is 8.00. The van der Waals surface area contributed by atoms with Gasteiger partial charge in [0.05, 0.1) is 22.7 Å². The van der Waals surface area contributed by atoms with Crippen LogP contribution in [0.4, 0.5) is 22.7 Å². The summed E-state index contributed by atoms with van der Waals surface area (Å²) in [4.78, 5) is 16.5. The van der Waals surface area contributed by atoms with E-state index < -0.39 is 0 Å². The maximum Gasteiger partial charge on any atom is 0.120 e. The average Bonchev–Trinajstić information content (AvgIpc) is 3.52. The van der Waals surface area contributed by atoms with Crippen LogP contribution in [0.15, 0.2) is 135 Å². The summed E-state index contributed by atoms with van der Waals surface area (Å²) in [6, 6.07) is 44.2. The van der Waals surface area contributed by atoms with Gasteiger partial charge in [-0.2, -0.15) is 5.06 Å². The van der Waals surface area contributed by atoms with Crippen LogP contribution in [0.3, 0.4) is 0 Å². The second-order valence-corrected chi connectivity index (χ2v) is 16.0. The molecular weight excluding hydrogens is 629 g/mol. The van der Waals surface area contributed by atoms with Crippen LogP contribution in [0.2, 0.25) is 0 Å². The minimum absolute atomic E-state index is 0.0752. The van der Waals surface area contributed by atoms with Gasteiger partial charge in [-0.3, -0.25) is 10.2 Å². The lowest BCUT2D eigenvalue weighted by Crippen LogP contribution is -2.43. The maximum atomic E-state index is 5.83. The van der Waals surface area contributed by atoms with E-state index in [-0.39, 0.29) is 6.17 Å². The molecule has 0 radical (unpaired) electrons. The standard InChI is InChI=1S/C41H38N4OS2/c1-43-41(42-25-46-43)30-19-26(28-21-31(22-28)44-33-10-2-6-14-37(33)47-38-15-7-3-11-34(38)44)18-27(20-30)29-23-32(24-29)45-35-12-4-8-16-39(35)48-40-17-9-5-13-36(40)45/h2-20,28-29,31-32,41-42H,21-25H2,1H3. The Morgan fingerprint density at radius 1 is 0.542 bits per heavy atom. The Balaban J connectivity index is 0.937. The van der Waals surface area contributed by atoms with E-state index in [9.17, 15) is 0 Å². The molecular formula is C41H38N4OS2. The van der Waals surface area contributed by atoms with Crippen LogP contribution in [-0.4, -0.2) is 30.9 Å². The van der Waals surface area contributed by atoms with E-state index >= 15 is 0 Å². The molecule has 10 rings (SSSR count). The van der Waals surface area contributed by atoms with Gasteiger partial charge >= 0.3 is 0 Å². The van der Waals surface area contributed by atoms with Gasteiger partial charge in [-0.05, 0) is 103 Å². The van der Waals surface area contributed by atoms with Gasteiger partial charge in [0.15, 0.2) is 0 Å². The van der Waals surface area contributed by atoms with Crippen molar-refractivity contribution < 1.29 is 4.84 Å². The summed E-state index contributed by atoms with van der Waals surface area (Å²) >= 11 is 3.80. The monoisotopic (exact) mass is 666 g/mol. The van der Waals surface area contributed by atoms with E-state index in [1.54, 1.807) is 0 Å². The summed E-state index contributed by atoms with van der Waals surface area (Å²) in [5, 5.41) is 5.56. The maximum absolute atomic E-state index is 5.83. The van der Waals surface area contributed by atoms with E-state index in [4.69, 9.17) is 4.84 Å². The Morgan fingerprint density at radius 3 is 1.29 bits per heavy atom. The smallest absolute Gasteiger partial charge is 0.120 e. The molecule has 1 atom stereocenters. The second kappa shape index (κ2) is 11.7. The molecule has 7 heteroatoms. The fourth-order valence-corrected chi connectivity index (χ4v) is 10.6. The molecule has 3 fully saturated rings. The molecule has 2 saturated carbocycles. The predicted molar refractivity (Wildman–Crippen MR) is 196 cm³/mol. The molecule has 0 amide bonds. The van der Waals surface area contributed by atoms with Gasteiger partial charge in [0.25, 0.3) is 0 Å². The average molecular weight is 667 g/mol. The molecule has 5 aromatic rings. The van der Waals surface area contributed by atoms with Crippen LogP contribution in [0, 0.1) is 0 Å². The zero-order chi connectivity index (χ0) is 31.8. The number of hydrogen-bond donors (Lipinski definition) is 1. The minimum atomic E-state index is 0.0752. The van der Waals surface area contributed by atoms with E-state index in [1.807, 2.05) is 35.6 Å². The molecule has 2 aliphatic carbocycles. The van der Waals surface area contributed by atoms with Crippen molar-refractivity contribution >= 4 is 46.3 Å². The molecule has 0 aromatic heterocycles. The Hall–Kier alpha value is -3.72. The summed E-state index contributed by atoms with van der Waals surface area (Å²) in [7, 11) is 2.04. The van der Waals surface area contributed by atoms with Crippen LogP contribution < -0.4 is 15.1 Å². The molecule has 3 heterocycles. The zero-order valence-corrected chi connectivity index (χ0v) is 28.6. The molecule has 240 valence electrons. The molecule has 3 aliphatic heterocycles. The lowest BCUT2D eigenvalue weighted by atomic mass is 9.70. The van der Waals surface area contributed by atoms with E-state index in [1.165, 1.54) is 59.0 Å². The highest BCUT2D eigenvalue weighted by Crippen LogP contribution is 2.55. The Kier molecular flexibility index (Phi) is 7.13. The molecule has 1 unspecified atom stereocenters. The highest BCUT2D eigenvalue weighted by atomic mass is 32.2. The lowest BCUT2D eigenvalue weighted by molar-refractivity contribution is -0.110. The van der Waals surface area contributed by atoms with Crippen LogP contribution in [0.25, 0.3) is 0 Å². The van der Waals surface area contributed by atoms with Gasteiger partial charge in [0.1, 0.15) is 12.9 Å². The number of hydrogen-bond acceptors (Lipinski definition) is 7. The van der Waals surface area contributed by atoms with Crippen molar-refractivity contribution in [3.05, 3.63) is 132 Å². The lowest BCUT2D eigenvalue weighted by Gasteiger charge is -2.48. The van der Waals surface area contributed by atoms with Crippen molar-refractivity contribution in [2.24, 2.45) is 0 Å². The number of nitrogens with zero attached hydrogens (tertiary/aromatic N) is 3. The van der Waals surface area contributed by atoms with Gasteiger partial charge in [-0.15, -0.1) is 0 Å². The third kappa shape index (κ3) is 4.82. The SMILES string of the molecule is CN1OCNC1c1cc(C2CC(N3c4ccccc4Sc4ccccc43)C2)cc(C2CC(N3c4ccccc4Sc4ccccc43)C2)c1. The van der Waals surface area contributed by atoms with Crippen LogP contribution in [-0.2, 0) is 4.84 Å². The number of hydroxylamine groups is 2. The summed E-state index contributed by atoms with van der Waals surface area (Å²) in [5.41, 5.74) is 9.72. The summed E-state index contributed by atoms with van der Waals surface area (Å²) in [6.07, 6.45) is 4.71. The quantitative estimate of drug-likeness (QED) is 0.200. The van der Waals surface area contributed by atoms with Crippen molar-refractivity contribution in [1.29, 1.82) is 0 Å². The van der Waals surface area contributed by atoms with E-state index in [0.29, 0.717) is 30.7 Å². The Labute approximate surface area is 291 Å². The zero-order valence-electron chi connectivity index (χ0n) is 27.0. The summed E-state index contributed by atoms with van der Waals surface area (Å²) in [6.45, 7) is 0.551. The third-order valence-electron chi connectivity index (χ3n) is 11.1. The molecule has 1 saturated heterocycles. The number of benzene rings is 5. The van der Waals surface area contributed by atoms with Gasteiger partial charge in [-0.25, -0.2) is 0 Å². The first kappa shape index (κ1) is 29.2. The van der Waals surface area contributed by atoms with Crippen molar-refractivity contribution in [2.45, 2.75) is 75.4 Å². The first-order valence-corrected chi connectivity index (χ1v) is 18.9. The van der Waals surface area contributed by atoms with Crippen LogP contribution >= 0.6 is 23.5 Å². The highest BCUT2D eigenvalue weighted by Gasteiger charge is 2.42. The number of para-hydroxylation sites is 4. The van der Waals surface area contributed by atoms with Gasteiger partial charge in [0, 0.05) is 38.7 Å². The van der Waals surface area contributed by atoms with Crippen molar-refractivity contribution in [1.82, 2.24) is 10.4 Å². The second-order valence-electron chi connectivity index (χ2n) is 13.8. The molecule has 0 bridgehead atoms. The first-order chi connectivity index (χ1) is 23.7. The van der Waals surface area contributed by atoms with Crippen LogP contribution in [0.1, 0.15) is 60.4 Å². The van der Waals surface area contributed by atoms with Crippen molar-refractivity contribution in [2.75, 3.05) is 23.6 Å². The van der Waals surface area contributed by atoms with Crippen molar-refractivity contribution in [3.8, 4) is 0 Å². The molecule has 0 spiro atoms. The fraction of sp³-hybridized carbons (Fsp3) is 0.268. The molecule has 1 N–H and O–H groups in total. The number of anilines is 4.